The van der Waals surface area contributed by atoms with E-state index in [9.17, 15) is 5.11 Å². The molecule has 0 saturated carbocycles. The normalized spacial score (nSPS) is 10.8. The molecule has 0 aliphatic rings. The Bertz CT molecular complexity index is 584. The molecule has 0 aliphatic carbocycles. The van der Waals surface area contributed by atoms with Gasteiger partial charge in [-0.1, -0.05) is 24.3 Å². The number of hydrogen-bond acceptors (Lipinski definition) is 3. The molecule has 0 aliphatic heterocycles. The minimum absolute atomic E-state index is 0.266. The monoisotopic (exact) mass is 334 g/mol. The number of hydrogen-bond donors (Lipinski definition) is 2. The van der Waals surface area contributed by atoms with Crippen LogP contribution < -0.4 is 5.32 Å². The van der Waals surface area contributed by atoms with Crippen LogP contribution >= 0.6 is 15.9 Å². The standard InChI is InChI=1S/C16H19BrN2O/c1-19(2)11-13-5-3-4-6-15(13)18-10-12-7-8-16(20)14(17)9-12/h3-9,18,20H,10-11H2,1-2H3. The molecule has 106 valence electrons. The summed E-state index contributed by atoms with van der Waals surface area (Å²) < 4.78 is 0.721. The average molecular weight is 335 g/mol. The maximum atomic E-state index is 9.50. The van der Waals surface area contributed by atoms with E-state index in [2.05, 4.69) is 58.4 Å². The van der Waals surface area contributed by atoms with E-state index in [1.165, 1.54) is 5.56 Å². The molecule has 4 heteroatoms. The second-order valence-corrected chi connectivity index (χ2v) is 5.89. The summed E-state index contributed by atoms with van der Waals surface area (Å²) in [5.41, 5.74) is 3.54. The third-order valence-corrected chi connectivity index (χ3v) is 3.63. The molecule has 2 aromatic carbocycles. The highest BCUT2D eigenvalue weighted by Crippen LogP contribution is 2.25. The van der Waals surface area contributed by atoms with Gasteiger partial charge in [-0.25, -0.2) is 0 Å². The van der Waals surface area contributed by atoms with E-state index in [0.29, 0.717) is 0 Å². The molecule has 20 heavy (non-hydrogen) atoms. The van der Waals surface area contributed by atoms with Crippen LogP contribution in [-0.4, -0.2) is 24.1 Å². The lowest BCUT2D eigenvalue weighted by atomic mass is 10.1. The fourth-order valence-corrected chi connectivity index (χ4v) is 2.46. The molecule has 0 heterocycles. The van der Waals surface area contributed by atoms with Gasteiger partial charge < -0.3 is 15.3 Å². The van der Waals surface area contributed by atoms with E-state index in [0.717, 1.165) is 28.8 Å². The average Bonchev–Trinajstić information content (AvgIpc) is 2.41. The Kier molecular flexibility index (Phi) is 5.04. The van der Waals surface area contributed by atoms with Crippen molar-refractivity contribution < 1.29 is 5.11 Å². The van der Waals surface area contributed by atoms with Crippen LogP contribution in [0, 0.1) is 0 Å². The number of anilines is 1. The minimum atomic E-state index is 0.266. The maximum Gasteiger partial charge on any atom is 0.129 e. The fourth-order valence-electron chi connectivity index (χ4n) is 2.03. The van der Waals surface area contributed by atoms with Crippen LogP contribution in [0.2, 0.25) is 0 Å². The molecule has 0 unspecified atom stereocenters. The van der Waals surface area contributed by atoms with Gasteiger partial charge in [0.1, 0.15) is 5.75 Å². The molecule has 0 amide bonds. The molecule has 3 nitrogen and oxygen atoms in total. The minimum Gasteiger partial charge on any atom is -0.507 e. The highest BCUT2D eigenvalue weighted by atomic mass is 79.9. The zero-order valence-electron chi connectivity index (χ0n) is 11.7. The van der Waals surface area contributed by atoms with Crippen LogP contribution in [0.3, 0.4) is 0 Å². The molecule has 0 aromatic heterocycles. The molecule has 2 rings (SSSR count). The van der Waals surface area contributed by atoms with Crippen molar-refractivity contribution in [3.63, 3.8) is 0 Å². The number of phenolic OH excluding ortho intramolecular Hbond substituents is 1. The van der Waals surface area contributed by atoms with Gasteiger partial charge in [-0.15, -0.1) is 0 Å². The number of nitrogens with one attached hydrogen (secondary N) is 1. The number of phenols is 1. The van der Waals surface area contributed by atoms with Crippen molar-refractivity contribution in [3.05, 3.63) is 58.1 Å². The molecule has 0 spiro atoms. The van der Waals surface area contributed by atoms with Crippen molar-refractivity contribution in [3.8, 4) is 5.75 Å². The second-order valence-electron chi connectivity index (χ2n) is 5.03. The van der Waals surface area contributed by atoms with Crippen LogP contribution in [-0.2, 0) is 13.1 Å². The first-order valence-corrected chi connectivity index (χ1v) is 7.29. The zero-order valence-corrected chi connectivity index (χ0v) is 13.3. The number of rotatable bonds is 5. The Morgan fingerprint density at radius 1 is 1.15 bits per heavy atom. The lowest BCUT2D eigenvalue weighted by molar-refractivity contribution is 0.403. The predicted octanol–water partition coefficient (Wildman–Crippen LogP) is 3.83. The van der Waals surface area contributed by atoms with E-state index >= 15 is 0 Å². The van der Waals surface area contributed by atoms with Crippen LogP contribution in [0.25, 0.3) is 0 Å². The lowest BCUT2D eigenvalue weighted by Crippen LogP contribution is -2.12. The molecule has 2 aromatic rings. The summed E-state index contributed by atoms with van der Waals surface area (Å²) in [6.07, 6.45) is 0. The number of nitrogens with zero attached hydrogens (tertiary/aromatic N) is 1. The first-order valence-electron chi connectivity index (χ1n) is 6.50. The Balaban J connectivity index is 2.08. The molecular weight excluding hydrogens is 316 g/mol. The number of para-hydroxylation sites is 1. The third-order valence-electron chi connectivity index (χ3n) is 3.00. The first-order chi connectivity index (χ1) is 9.56. The van der Waals surface area contributed by atoms with Gasteiger partial charge in [0.05, 0.1) is 4.47 Å². The fraction of sp³-hybridized carbons (Fsp3) is 0.250. The van der Waals surface area contributed by atoms with Crippen LogP contribution in [0.5, 0.6) is 5.75 Å². The van der Waals surface area contributed by atoms with E-state index in [1.54, 1.807) is 6.07 Å². The summed E-state index contributed by atoms with van der Waals surface area (Å²) in [5, 5.41) is 13.0. The molecule has 2 N–H and O–H groups in total. The van der Waals surface area contributed by atoms with E-state index in [-0.39, 0.29) is 5.75 Å². The molecule has 0 radical (unpaired) electrons. The smallest absolute Gasteiger partial charge is 0.129 e. The summed E-state index contributed by atoms with van der Waals surface area (Å²) in [5.74, 6) is 0.266. The zero-order chi connectivity index (χ0) is 14.5. The summed E-state index contributed by atoms with van der Waals surface area (Å²) in [7, 11) is 4.13. The van der Waals surface area contributed by atoms with Crippen LogP contribution in [0.4, 0.5) is 5.69 Å². The molecular formula is C16H19BrN2O. The van der Waals surface area contributed by atoms with Crippen molar-refractivity contribution in [2.75, 3.05) is 19.4 Å². The lowest BCUT2D eigenvalue weighted by Gasteiger charge is -2.15. The van der Waals surface area contributed by atoms with Crippen LogP contribution in [0.1, 0.15) is 11.1 Å². The van der Waals surface area contributed by atoms with E-state index in [1.807, 2.05) is 18.2 Å². The van der Waals surface area contributed by atoms with Crippen molar-refractivity contribution in [2.24, 2.45) is 0 Å². The van der Waals surface area contributed by atoms with Crippen molar-refractivity contribution in [2.45, 2.75) is 13.1 Å². The van der Waals surface area contributed by atoms with Crippen LogP contribution in [0.15, 0.2) is 46.9 Å². The molecule has 0 fully saturated rings. The van der Waals surface area contributed by atoms with Gasteiger partial charge in [-0.2, -0.15) is 0 Å². The van der Waals surface area contributed by atoms with Gasteiger partial charge in [-0.3, -0.25) is 0 Å². The van der Waals surface area contributed by atoms with Gasteiger partial charge in [0.2, 0.25) is 0 Å². The molecule has 0 saturated heterocycles. The summed E-state index contributed by atoms with van der Waals surface area (Å²) >= 11 is 3.34. The van der Waals surface area contributed by atoms with Gasteiger partial charge >= 0.3 is 0 Å². The van der Waals surface area contributed by atoms with Gasteiger partial charge in [0, 0.05) is 18.8 Å². The Labute approximate surface area is 128 Å². The Morgan fingerprint density at radius 2 is 1.90 bits per heavy atom. The van der Waals surface area contributed by atoms with E-state index in [4.69, 9.17) is 0 Å². The van der Waals surface area contributed by atoms with Gasteiger partial charge in [0.15, 0.2) is 0 Å². The third kappa shape index (κ3) is 3.99. The van der Waals surface area contributed by atoms with Gasteiger partial charge in [-0.05, 0) is 59.4 Å². The first kappa shape index (κ1) is 14.9. The van der Waals surface area contributed by atoms with E-state index < -0.39 is 0 Å². The predicted molar refractivity (Wildman–Crippen MR) is 87.0 cm³/mol. The van der Waals surface area contributed by atoms with Crippen molar-refractivity contribution in [1.29, 1.82) is 0 Å². The highest BCUT2D eigenvalue weighted by molar-refractivity contribution is 9.10. The molecule has 0 bridgehead atoms. The summed E-state index contributed by atoms with van der Waals surface area (Å²) in [6.45, 7) is 1.63. The quantitative estimate of drug-likeness (QED) is 0.872. The Morgan fingerprint density at radius 3 is 2.60 bits per heavy atom. The topological polar surface area (TPSA) is 35.5 Å². The second kappa shape index (κ2) is 6.77. The van der Waals surface area contributed by atoms with Crippen molar-refractivity contribution in [1.82, 2.24) is 4.90 Å². The largest absolute Gasteiger partial charge is 0.507 e. The highest BCUT2D eigenvalue weighted by Gasteiger charge is 2.04. The molecule has 0 atom stereocenters. The number of aromatic hydroxyl groups is 1. The maximum absolute atomic E-state index is 9.50. The summed E-state index contributed by atoms with van der Waals surface area (Å²) in [6, 6.07) is 13.9. The number of halogens is 1. The summed E-state index contributed by atoms with van der Waals surface area (Å²) in [4.78, 5) is 2.15. The number of benzene rings is 2. The Hall–Kier alpha value is -1.52. The van der Waals surface area contributed by atoms with Gasteiger partial charge in [0.25, 0.3) is 0 Å². The van der Waals surface area contributed by atoms with Crippen molar-refractivity contribution >= 4 is 21.6 Å². The SMILES string of the molecule is CN(C)Cc1ccccc1NCc1ccc(O)c(Br)c1.